The zero-order valence-electron chi connectivity index (χ0n) is 12.5. The first-order valence-electron chi connectivity index (χ1n) is 7.41. The minimum Gasteiger partial charge on any atom is -0.332 e. The molecule has 0 atom stereocenters. The van der Waals surface area contributed by atoms with Gasteiger partial charge in [0.1, 0.15) is 0 Å². The SMILES string of the molecule is O=C(CCN1CCSC1=O)Nc1ncc(Cc2ccccc2)s1. The van der Waals surface area contributed by atoms with Crippen molar-refractivity contribution in [1.29, 1.82) is 0 Å². The average Bonchev–Trinajstić information content (AvgIpc) is 3.15. The Bertz CT molecular complexity index is 688. The molecule has 3 rings (SSSR count). The lowest BCUT2D eigenvalue weighted by molar-refractivity contribution is -0.116. The van der Waals surface area contributed by atoms with E-state index >= 15 is 0 Å². The molecule has 1 aromatic carbocycles. The fourth-order valence-electron chi connectivity index (χ4n) is 2.29. The van der Waals surface area contributed by atoms with E-state index in [2.05, 4.69) is 22.4 Å². The van der Waals surface area contributed by atoms with Crippen LogP contribution in [0.5, 0.6) is 0 Å². The number of aromatic nitrogens is 1. The van der Waals surface area contributed by atoms with Gasteiger partial charge in [0.25, 0.3) is 5.24 Å². The monoisotopic (exact) mass is 347 g/mol. The summed E-state index contributed by atoms with van der Waals surface area (Å²) in [6.45, 7) is 1.20. The smallest absolute Gasteiger partial charge is 0.281 e. The number of hydrogen-bond donors (Lipinski definition) is 1. The van der Waals surface area contributed by atoms with Crippen molar-refractivity contribution in [3.63, 3.8) is 0 Å². The van der Waals surface area contributed by atoms with Crippen LogP contribution in [0.4, 0.5) is 9.93 Å². The number of rotatable bonds is 6. The van der Waals surface area contributed by atoms with Crippen LogP contribution in [0.25, 0.3) is 0 Å². The first kappa shape index (κ1) is 16.0. The molecule has 5 nitrogen and oxygen atoms in total. The number of hydrogen-bond acceptors (Lipinski definition) is 5. The zero-order valence-corrected chi connectivity index (χ0v) is 14.2. The van der Waals surface area contributed by atoms with Crippen LogP contribution in [-0.2, 0) is 11.2 Å². The third-order valence-corrected chi connectivity index (χ3v) is 5.28. The molecule has 0 aliphatic carbocycles. The molecule has 0 radical (unpaired) electrons. The van der Waals surface area contributed by atoms with Crippen LogP contribution in [0.1, 0.15) is 16.9 Å². The van der Waals surface area contributed by atoms with E-state index in [1.54, 1.807) is 11.1 Å². The highest BCUT2D eigenvalue weighted by Crippen LogP contribution is 2.21. The van der Waals surface area contributed by atoms with Gasteiger partial charge in [0.15, 0.2) is 5.13 Å². The summed E-state index contributed by atoms with van der Waals surface area (Å²) < 4.78 is 0. The van der Waals surface area contributed by atoms with Crippen molar-refractivity contribution < 1.29 is 9.59 Å². The number of thiazole rings is 1. The maximum Gasteiger partial charge on any atom is 0.281 e. The molecule has 1 N–H and O–H groups in total. The van der Waals surface area contributed by atoms with Crippen molar-refractivity contribution in [2.24, 2.45) is 0 Å². The molecule has 0 bridgehead atoms. The van der Waals surface area contributed by atoms with E-state index < -0.39 is 0 Å². The van der Waals surface area contributed by atoms with Crippen molar-refractivity contribution in [3.05, 3.63) is 47.0 Å². The highest BCUT2D eigenvalue weighted by molar-refractivity contribution is 8.13. The standard InChI is InChI=1S/C16H17N3O2S2/c20-14(6-7-19-8-9-22-16(19)21)18-15-17-11-13(23-15)10-12-4-2-1-3-5-12/h1-5,11H,6-10H2,(H,17,18,20). The lowest BCUT2D eigenvalue weighted by atomic mass is 10.1. The highest BCUT2D eigenvalue weighted by atomic mass is 32.2. The molecule has 2 aromatic rings. The van der Waals surface area contributed by atoms with E-state index in [9.17, 15) is 9.59 Å². The Balaban J connectivity index is 1.48. The van der Waals surface area contributed by atoms with Crippen LogP contribution in [0, 0.1) is 0 Å². The number of carbonyl (C=O) groups is 2. The lowest BCUT2D eigenvalue weighted by Gasteiger charge is -2.13. The Hall–Kier alpha value is -1.86. The van der Waals surface area contributed by atoms with Crippen molar-refractivity contribution >= 4 is 39.4 Å². The van der Waals surface area contributed by atoms with Crippen molar-refractivity contribution in [3.8, 4) is 0 Å². The predicted molar refractivity (Wildman–Crippen MR) is 94.0 cm³/mol. The number of benzene rings is 1. The molecule has 1 aliphatic heterocycles. The molecule has 1 aromatic heterocycles. The van der Waals surface area contributed by atoms with E-state index in [0.29, 0.717) is 18.1 Å². The van der Waals surface area contributed by atoms with Crippen LogP contribution >= 0.6 is 23.1 Å². The molecular weight excluding hydrogens is 330 g/mol. The molecule has 7 heteroatoms. The maximum absolute atomic E-state index is 12.0. The fourth-order valence-corrected chi connectivity index (χ4v) is 4.01. The molecule has 1 aliphatic rings. The Kier molecular flexibility index (Phi) is 5.30. The highest BCUT2D eigenvalue weighted by Gasteiger charge is 2.21. The Morgan fingerprint density at radius 2 is 2.13 bits per heavy atom. The summed E-state index contributed by atoms with van der Waals surface area (Å²) >= 11 is 2.80. The molecule has 0 unspecified atom stereocenters. The van der Waals surface area contributed by atoms with Crippen molar-refractivity contribution in [1.82, 2.24) is 9.88 Å². The van der Waals surface area contributed by atoms with Gasteiger partial charge >= 0.3 is 0 Å². The summed E-state index contributed by atoms with van der Waals surface area (Å²) in [5, 5.41) is 3.49. The minimum absolute atomic E-state index is 0.0668. The van der Waals surface area contributed by atoms with Gasteiger partial charge in [-0.05, 0) is 5.56 Å². The second kappa shape index (κ2) is 7.61. The van der Waals surface area contributed by atoms with E-state index in [4.69, 9.17) is 0 Å². The number of carbonyl (C=O) groups excluding carboxylic acids is 2. The van der Waals surface area contributed by atoms with E-state index in [0.717, 1.165) is 23.6 Å². The molecule has 120 valence electrons. The van der Waals surface area contributed by atoms with E-state index in [1.165, 1.54) is 28.7 Å². The third kappa shape index (κ3) is 4.56. The second-order valence-corrected chi connectivity index (χ2v) is 7.36. The van der Waals surface area contributed by atoms with Gasteiger partial charge < -0.3 is 10.2 Å². The van der Waals surface area contributed by atoms with Crippen LogP contribution in [0.15, 0.2) is 36.5 Å². The van der Waals surface area contributed by atoms with E-state index in [-0.39, 0.29) is 11.1 Å². The maximum atomic E-state index is 12.0. The molecule has 23 heavy (non-hydrogen) atoms. The molecule has 2 amide bonds. The number of nitrogens with one attached hydrogen (secondary N) is 1. The van der Waals surface area contributed by atoms with Crippen molar-refractivity contribution in [2.75, 3.05) is 24.2 Å². The van der Waals surface area contributed by atoms with Gasteiger partial charge in [-0.1, -0.05) is 42.1 Å². The molecule has 0 spiro atoms. The van der Waals surface area contributed by atoms with Crippen molar-refractivity contribution in [2.45, 2.75) is 12.8 Å². The molecule has 1 fully saturated rings. The van der Waals surface area contributed by atoms with Crippen LogP contribution < -0.4 is 5.32 Å². The van der Waals surface area contributed by atoms with Gasteiger partial charge in [0.2, 0.25) is 5.91 Å². The number of nitrogens with zero attached hydrogens (tertiary/aromatic N) is 2. The predicted octanol–water partition coefficient (Wildman–Crippen LogP) is 3.23. The zero-order chi connectivity index (χ0) is 16.1. The van der Waals surface area contributed by atoms with Gasteiger partial charge in [0, 0.05) is 42.8 Å². The number of amides is 2. The number of anilines is 1. The molecule has 0 saturated carbocycles. The molecular formula is C16H17N3O2S2. The van der Waals surface area contributed by atoms with Crippen LogP contribution in [0.3, 0.4) is 0 Å². The van der Waals surface area contributed by atoms with Gasteiger partial charge in [0.05, 0.1) is 0 Å². The van der Waals surface area contributed by atoms with Gasteiger partial charge in [-0.15, -0.1) is 11.3 Å². The second-order valence-electron chi connectivity index (χ2n) is 5.19. The van der Waals surface area contributed by atoms with Crippen LogP contribution in [-0.4, -0.2) is 39.9 Å². The topological polar surface area (TPSA) is 62.3 Å². The summed E-state index contributed by atoms with van der Waals surface area (Å²) in [4.78, 5) is 30.5. The number of thioether (sulfide) groups is 1. The minimum atomic E-state index is -0.102. The van der Waals surface area contributed by atoms with E-state index in [1.807, 2.05) is 18.2 Å². The lowest BCUT2D eigenvalue weighted by Crippen LogP contribution is -2.27. The average molecular weight is 347 g/mol. The Labute approximate surface area is 143 Å². The summed E-state index contributed by atoms with van der Waals surface area (Å²) in [7, 11) is 0. The Morgan fingerprint density at radius 1 is 1.30 bits per heavy atom. The van der Waals surface area contributed by atoms with Gasteiger partial charge in [-0.25, -0.2) is 4.98 Å². The fraction of sp³-hybridized carbons (Fsp3) is 0.312. The summed E-state index contributed by atoms with van der Waals surface area (Å²) in [5.74, 6) is 0.714. The van der Waals surface area contributed by atoms with Gasteiger partial charge in [-0.2, -0.15) is 0 Å². The van der Waals surface area contributed by atoms with Crippen LogP contribution in [0.2, 0.25) is 0 Å². The normalized spacial score (nSPS) is 14.3. The first-order chi connectivity index (χ1) is 11.2. The summed E-state index contributed by atoms with van der Waals surface area (Å²) in [5.41, 5.74) is 1.22. The van der Waals surface area contributed by atoms with Gasteiger partial charge in [-0.3, -0.25) is 9.59 Å². The quantitative estimate of drug-likeness (QED) is 0.871. The molecule has 1 saturated heterocycles. The summed E-state index contributed by atoms with van der Waals surface area (Å²) in [6.07, 6.45) is 2.92. The third-order valence-electron chi connectivity index (χ3n) is 3.47. The largest absolute Gasteiger partial charge is 0.332 e. The molecule has 2 heterocycles. The first-order valence-corrected chi connectivity index (χ1v) is 9.21. The Morgan fingerprint density at radius 3 is 2.87 bits per heavy atom. The summed E-state index contributed by atoms with van der Waals surface area (Å²) in [6, 6.07) is 10.2.